The number of benzene rings is 1. The van der Waals surface area contributed by atoms with Crippen molar-refractivity contribution in [2.75, 3.05) is 17.2 Å². The van der Waals surface area contributed by atoms with Crippen molar-refractivity contribution in [1.29, 1.82) is 0 Å². The largest absolute Gasteiger partial charge is 0.417 e. The van der Waals surface area contributed by atoms with Crippen LogP contribution in [0.1, 0.15) is 12.5 Å². The van der Waals surface area contributed by atoms with Gasteiger partial charge >= 0.3 is 6.18 Å². The number of hydrogen-bond acceptors (Lipinski definition) is 4. The van der Waals surface area contributed by atoms with Crippen LogP contribution in [0.15, 0.2) is 35.1 Å². The second-order valence-corrected chi connectivity index (χ2v) is 4.99. The van der Waals surface area contributed by atoms with Gasteiger partial charge in [0.2, 0.25) is 0 Å². The van der Waals surface area contributed by atoms with E-state index >= 15 is 0 Å². The molecule has 2 aromatic rings. The number of hydrogen-bond donors (Lipinski definition) is 2. The lowest BCUT2D eigenvalue weighted by Crippen LogP contribution is -2.07. The molecule has 2 rings (SSSR count). The highest BCUT2D eigenvalue weighted by atomic mass is 79.9. The number of nitrogens with zero attached hydrogens (tertiary/aromatic N) is 2. The van der Waals surface area contributed by atoms with E-state index in [1.807, 2.05) is 6.92 Å². The highest BCUT2D eigenvalue weighted by molar-refractivity contribution is 9.10. The second kappa shape index (κ2) is 6.30. The molecule has 0 saturated carbocycles. The number of rotatable bonds is 4. The Morgan fingerprint density at radius 2 is 1.86 bits per heavy atom. The maximum Gasteiger partial charge on any atom is 0.417 e. The van der Waals surface area contributed by atoms with E-state index in [2.05, 4.69) is 36.5 Å². The van der Waals surface area contributed by atoms with Gasteiger partial charge in [-0.05, 0) is 25.1 Å². The number of halogens is 4. The summed E-state index contributed by atoms with van der Waals surface area (Å²) in [6.07, 6.45) is -3.08. The molecule has 21 heavy (non-hydrogen) atoms. The number of nitrogens with one attached hydrogen (secondary N) is 2. The lowest BCUT2D eigenvalue weighted by atomic mass is 10.2. The number of anilines is 3. The van der Waals surface area contributed by atoms with Gasteiger partial charge in [0.1, 0.15) is 18.0 Å². The average molecular weight is 361 g/mol. The Kier molecular flexibility index (Phi) is 4.66. The summed E-state index contributed by atoms with van der Waals surface area (Å²) in [5.74, 6) is 1.01. The Labute approximate surface area is 127 Å². The summed E-state index contributed by atoms with van der Waals surface area (Å²) in [4.78, 5) is 7.97. The van der Waals surface area contributed by atoms with Crippen LogP contribution < -0.4 is 10.6 Å². The SMILES string of the molecule is CCNc1cc(Nc2ccc(Br)c(C(F)(F)F)c2)ncn1. The normalized spacial score (nSPS) is 11.3. The molecule has 0 bridgehead atoms. The predicted octanol–water partition coefficient (Wildman–Crippen LogP) is 4.43. The van der Waals surface area contributed by atoms with Crippen molar-refractivity contribution in [2.45, 2.75) is 13.1 Å². The van der Waals surface area contributed by atoms with Crippen LogP contribution in [0.25, 0.3) is 0 Å². The fourth-order valence-electron chi connectivity index (χ4n) is 1.67. The summed E-state index contributed by atoms with van der Waals surface area (Å²) in [6, 6.07) is 5.53. The van der Waals surface area contributed by atoms with Crippen molar-refractivity contribution < 1.29 is 13.2 Å². The summed E-state index contributed by atoms with van der Waals surface area (Å²) in [5.41, 5.74) is -0.444. The van der Waals surface area contributed by atoms with Crippen molar-refractivity contribution in [1.82, 2.24) is 9.97 Å². The molecule has 0 radical (unpaired) electrons. The summed E-state index contributed by atoms with van der Waals surface area (Å²) in [6.45, 7) is 2.60. The van der Waals surface area contributed by atoms with Gasteiger partial charge in [0.15, 0.2) is 0 Å². The molecule has 112 valence electrons. The minimum Gasteiger partial charge on any atom is -0.370 e. The van der Waals surface area contributed by atoms with Crippen molar-refractivity contribution in [3.63, 3.8) is 0 Å². The first-order chi connectivity index (χ1) is 9.90. The van der Waals surface area contributed by atoms with Crippen LogP contribution in [0.3, 0.4) is 0 Å². The first-order valence-electron chi connectivity index (χ1n) is 6.10. The molecule has 0 saturated heterocycles. The lowest BCUT2D eigenvalue weighted by molar-refractivity contribution is -0.138. The minimum atomic E-state index is -4.42. The van der Waals surface area contributed by atoms with Gasteiger partial charge < -0.3 is 10.6 Å². The van der Waals surface area contributed by atoms with E-state index < -0.39 is 11.7 Å². The molecule has 0 atom stereocenters. The Morgan fingerprint density at radius 1 is 1.14 bits per heavy atom. The van der Waals surface area contributed by atoms with Crippen LogP contribution in [0, 0.1) is 0 Å². The van der Waals surface area contributed by atoms with E-state index in [0.717, 1.165) is 6.07 Å². The third kappa shape index (κ3) is 4.07. The molecule has 0 spiro atoms. The lowest BCUT2D eigenvalue weighted by Gasteiger charge is -2.12. The van der Waals surface area contributed by atoms with Crippen molar-refractivity contribution in [3.8, 4) is 0 Å². The Balaban J connectivity index is 2.26. The van der Waals surface area contributed by atoms with Crippen LogP contribution >= 0.6 is 15.9 Å². The third-order valence-electron chi connectivity index (χ3n) is 2.57. The first-order valence-corrected chi connectivity index (χ1v) is 6.89. The number of alkyl halides is 3. The van der Waals surface area contributed by atoms with E-state index in [1.54, 1.807) is 6.07 Å². The van der Waals surface area contributed by atoms with Gasteiger partial charge in [-0.1, -0.05) is 15.9 Å². The van der Waals surface area contributed by atoms with Gasteiger partial charge in [-0.25, -0.2) is 9.97 Å². The zero-order valence-corrected chi connectivity index (χ0v) is 12.6. The minimum absolute atomic E-state index is 0.00317. The van der Waals surface area contributed by atoms with E-state index in [9.17, 15) is 13.2 Å². The fourth-order valence-corrected chi connectivity index (χ4v) is 2.14. The first kappa shape index (κ1) is 15.6. The number of aromatic nitrogens is 2. The fraction of sp³-hybridized carbons (Fsp3) is 0.231. The van der Waals surface area contributed by atoms with E-state index in [-0.39, 0.29) is 4.47 Å². The topological polar surface area (TPSA) is 49.8 Å². The van der Waals surface area contributed by atoms with Crippen molar-refractivity contribution in [3.05, 3.63) is 40.6 Å². The van der Waals surface area contributed by atoms with E-state index in [0.29, 0.717) is 23.9 Å². The highest BCUT2D eigenvalue weighted by Gasteiger charge is 2.33. The quantitative estimate of drug-likeness (QED) is 0.846. The molecule has 0 aliphatic heterocycles. The zero-order valence-electron chi connectivity index (χ0n) is 11.0. The summed E-state index contributed by atoms with van der Waals surface area (Å²) in [5, 5.41) is 5.83. The molecule has 1 heterocycles. The monoisotopic (exact) mass is 360 g/mol. The second-order valence-electron chi connectivity index (χ2n) is 4.14. The molecule has 1 aromatic carbocycles. The molecule has 0 aliphatic rings. The van der Waals surface area contributed by atoms with Crippen LogP contribution in [0.2, 0.25) is 0 Å². The molecule has 0 amide bonds. The molecular formula is C13H12BrF3N4. The third-order valence-corrected chi connectivity index (χ3v) is 3.26. The van der Waals surface area contributed by atoms with Crippen molar-refractivity contribution in [2.24, 2.45) is 0 Å². The smallest absolute Gasteiger partial charge is 0.370 e. The molecule has 2 N–H and O–H groups in total. The van der Waals surface area contributed by atoms with Gasteiger partial charge in [0.05, 0.1) is 5.56 Å². The molecule has 1 aromatic heterocycles. The Morgan fingerprint density at radius 3 is 2.52 bits per heavy atom. The van der Waals surface area contributed by atoms with E-state index in [4.69, 9.17) is 0 Å². The van der Waals surface area contributed by atoms with Crippen molar-refractivity contribution >= 4 is 33.3 Å². The van der Waals surface area contributed by atoms with Gasteiger partial charge in [-0.15, -0.1) is 0 Å². The van der Waals surface area contributed by atoms with Crippen LogP contribution in [-0.2, 0) is 6.18 Å². The Hall–Kier alpha value is -1.83. The van der Waals surface area contributed by atoms with Gasteiger partial charge in [-0.3, -0.25) is 0 Å². The highest BCUT2D eigenvalue weighted by Crippen LogP contribution is 2.36. The zero-order chi connectivity index (χ0) is 15.5. The Bertz CT molecular complexity index is 631. The maximum absolute atomic E-state index is 12.8. The van der Waals surface area contributed by atoms with Crippen LogP contribution in [0.4, 0.5) is 30.5 Å². The molecule has 8 heteroatoms. The van der Waals surface area contributed by atoms with Gasteiger partial charge in [0.25, 0.3) is 0 Å². The summed E-state index contributed by atoms with van der Waals surface area (Å²) < 4.78 is 38.5. The maximum atomic E-state index is 12.8. The molecule has 0 aliphatic carbocycles. The van der Waals surface area contributed by atoms with Crippen LogP contribution in [-0.4, -0.2) is 16.5 Å². The van der Waals surface area contributed by atoms with Gasteiger partial charge in [-0.2, -0.15) is 13.2 Å². The predicted molar refractivity (Wildman–Crippen MR) is 78.6 cm³/mol. The molecule has 0 unspecified atom stereocenters. The molecule has 0 fully saturated rings. The average Bonchev–Trinajstić information content (AvgIpc) is 2.40. The molecular weight excluding hydrogens is 349 g/mol. The standard InChI is InChI=1S/C13H12BrF3N4/c1-2-18-11-6-12(20-7-19-11)21-8-3-4-10(14)9(5-8)13(15,16)17/h3-7H,2H2,1H3,(H2,18,19,20,21). The van der Waals surface area contributed by atoms with Gasteiger partial charge in [0, 0.05) is 22.8 Å². The molecule has 4 nitrogen and oxygen atoms in total. The van der Waals surface area contributed by atoms with E-state index in [1.165, 1.54) is 18.5 Å². The summed E-state index contributed by atoms with van der Waals surface area (Å²) >= 11 is 2.90. The van der Waals surface area contributed by atoms with Crippen LogP contribution in [0.5, 0.6) is 0 Å². The summed E-state index contributed by atoms with van der Waals surface area (Å²) in [7, 11) is 0.